The first-order chi connectivity index (χ1) is 9.90. The second-order valence-electron chi connectivity index (χ2n) is 4.78. The van der Waals surface area contributed by atoms with Crippen LogP contribution in [-0.2, 0) is 16.4 Å². The van der Waals surface area contributed by atoms with Gasteiger partial charge in [0.25, 0.3) is 0 Å². The molecular formula is C15H16N2O3S. The lowest BCUT2D eigenvalue weighted by atomic mass is 10.0. The average Bonchev–Trinajstić information content (AvgIpc) is 2.45. The third-order valence-electron chi connectivity index (χ3n) is 3.13. The summed E-state index contributed by atoms with van der Waals surface area (Å²) in [6.45, 7) is 1.98. The van der Waals surface area contributed by atoms with Crippen molar-refractivity contribution in [2.75, 3.05) is 0 Å². The standard InChI is InChI=1S/C15H16N2O3S/c1-11-2-6-13(7-3-11)15(17-18)10-12-4-8-14(9-5-12)21(16,19)20/h2-9,18H,10H2,1H3,(H2,16,19,20). The first-order valence-electron chi connectivity index (χ1n) is 6.30. The van der Waals surface area contributed by atoms with Gasteiger partial charge in [-0.15, -0.1) is 0 Å². The maximum Gasteiger partial charge on any atom is 0.238 e. The lowest BCUT2D eigenvalue weighted by Crippen LogP contribution is -2.12. The molecule has 0 bridgehead atoms. The molecule has 0 saturated heterocycles. The molecule has 110 valence electrons. The van der Waals surface area contributed by atoms with E-state index in [0.717, 1.165) is 16.7 Å². The monoisotopic (exact) mass is 304 g/mol. The van der Waals surface area contributed by atoms with Gasteiger partial charge in [-0.2, -0.15) is 0 Å². The van der Waals surface area contributed by atoms with Crippen molar-refractivity contribution < 1.29 is 13.6 Å². The highest BCUT2D eigenvalue weighted by Crippen LogP contribution is 2.13. The molecule has 5 nitrogen and oxygen atoms in total. The van der Waals surface area contributed by atoms with Gasteiger partial charge in [0.1, 0.15) is 0 Å². The molecule has 0 aliphatic heterocycles. The van der Waals surface area contributed by atoms with Gasteiger partial charge in [-0.25, -0.2) is 13.6 Å². The molecule has 0 saturated carbocycles. The molecule has 2 aromatic rings. The molecule has 3 N–H and O–H groups in total. The van der Waals surface area contributed by atoms with E-state index in [1.165, 1.54) is 12.1 Å². The van der Waals surface area contributed by atoms with Gasteiger partial charge >= 0.3 is 0 Å². The number of sulfonamides is 1. The highest BCUT2D eigenvalue weighted by atomic mass is 32.2. The summed E-state index contributed by atoms with van der Waals surface area (Å²) < 4.78 is 22.4. The predicted octanol–water partition coefficient (Wildman–Crippen LogP) is 2.06. The Morgan fingerprint density at radius 2 is 1.67 bits per heavy atom. The number of oxime groups is 1. The second-order valence-corrected chi connectivity index (χ2v) is 6.34. The summed E-state index contributed by atoms with van der Waals surface area (Å²) >= 11 is 0. The van der Waals surface area contributed by atoms with Crippen LogP contribution >= 0.6 is 0 Å². The van der Waals surface area contributed by atoms with E-state index in [4.69, 9.17) is 10.3 Å². The van der Waals surface area contributed by atoms with E-state index in [1.807, 2.05) is 31.2 Å². The Bertz CT molecular complexity index is 749. The number of benzene rings is 2. The van der Waals surface area contributed by atoms with E-state index in [-0.39, 0.29) is 4.90 Å². The second kappa shape index (κ2) is 6.07. The fourth-order valence-electron chi connectivity index (χ4n) is 1.93. The van der Waals surface area contributed by atoms with Crippen molar-refractivity contribution in [1.29, 1.82) is 0 Å². The maximum absolute atomic E-state index is 11.2. The van der Waals surface area contributed by atoms with Gasteiger partial charge in [0, 0.05) is 6.42 Å². The Morgan fingerprint density at radius 3 is 2.14 bits per heavy atom. The summed E-state index contributed by atoms with van der Waals surface area (Å²) in [6.07, 6.45) is 0.393. The molecule has 0 unspecified atom stereocenters. The smallest absolute Gasteiger partial charge is 0.238 e. The van der Waals surface area contributed by atoms with Gasteiger partial charge in [0.05, 0.1) is 10.6 Å². The van der Waals surface area contributed by atoms with Gasteiger partial charge in [-0.3, -0.25) is 0 Å². The Hall–Kier alpha value is -2.18. The van der Waals surface area contributed by atoms with Crippen molar-refractivity contribution in [1.82, 2.24) is 0 Å². The lowest BCUT2D eigenvalue weighted by Gasteiger charge is -2.06. The maximum atomic E-state index is 11.2. The molecule has 0 aliphatic carbocycles. The summed E-state index contributed by atoms with van der Waals surface area (Å²) in [4.78, 5) is 0.0593. The SMILES string of the molecule is Cc1ccc(C(Cc2ccc(S(N)(=O)=O)cc2)=NO)cc1. The zero-order valence-electron chi connectivity index (χ0n) is 11.5. The van der Waals surface area contributed by atoms with E-state index < -0.39 is 10.0 Å². The van der Waals surface area contributed by atoms with Crippen LogP contribution in [0.1, 0.15) is 16.7 Å². The van der Waals surface area contributed by atoms with Crippen molar-refractivity contribution in [3.8, 4) is 0 Å². The fraction of sp³-hybridized carbons (Fsp3) is 0.133. The summed E-state index contributed by atoms with van der Waals surface area (Å²) in [6, 6.07) is 13.8. The minimum Gasteiger partial charge on any atom is -0.411 e. The Labute approximate surface area is 123 Å². The van der Waals surface area contributed by atoms with Crippen LogP contribution in [0.15, 0.2) is 58.6 Å². The van der Waals surface area contributed by atoms with Crippen LogP contribution < -0.4 is 5.14 Å². The normalized spacial score (nSPS) is 12.4. The summed E-state index contributed by atoms with van der Waals surface area (Å²) in [5, 5.41) is 17.5. The molecular weight excluding hydrogens is 288 g/mol. The molecule has 0 radical (unpaired) electrons. The van der Waals surface area contributed by atoms with E-state index in [9.17, 15) is 8.42 Å². The number of nitrogens with two attached hydrogens (primary N) is 1. The van der Waals surface area contributed by atoms with Crippen LogP contribution in [0.4, 0.5) is 0 Å². The largest absolute Gasteiger partial charge is 0.411 e. The number of primary sulfonamides is 1. The first-order valence-corrected chi connectivity index (χ1v) is 7.84. The van der Waals surface area contributed by atoms with E-state index >= 15 is 0 Å². The van der Waals surface area contributed by atoms with Crippen molar-refractivity contribution in [3.05, 3.63) is 65.2 Å². The minimum atomic E-state index is -3.69. The van der Waals surface area contributed by atoms with Gasteiger partial charge in [-0.05, 0) is 30.2 Å². The predicted molar refractivity (Wildman–Crippen MR) is 81.0 cm³/mol. The molecule has 0 fully saturated rings. The quantitative estimate of drug-likeness (QED) is 0.514. The van der Waals surface area contributed by atoms with E-state index in [2.05, 4.69) is 5.16 Å². The zero-order chi connectivity index (χ0) is 15.5. The van der Waals surface area contributed by atoms with Gasteiger partial charge in [0.15, 0.2) is 0 Å². The molecule has 2 aromatic carbocycles. The van der Waals surface area contributed by atoms with Crippen molar-refractivity contribution in [3.63, 3.8) is 0 Å². The Morgan fingerprint density at radius 1 is 1.10 bits per heavy atom. The van der Waals surface area contributed by atoms with Crippen LogP contribution in [0.5, 0.6) is 0 Å². The highest BCUT2D eigenvalue weighted by Gasteiger charge is 2.09. The Balaban J connectivity index is 2.22. The average molecular weight is 304 g/mol. The van der Waals surface area contributed by atoms with Crippen LogP contribution in [-0.4, -0.2) is 19.3 Å². The van der Waals surface area contributed by atoms with Gasteiger partial charge in [-0.1, -0.05) is 47.1 Å². The molecule has 0 atom stereocenters. The summed E-state index contributed by atoms with van der Waals surface area (Å²) in [5.74, 6) is 0. The first kappa shape index (κ1) is 15.2. The summed E-state index contributed by atoms with van der Waals surface area (Å²) in [7, 11) is -3.69. The summed E-state index contributed by atoms with van der Waals surface area (Å²) in [5.41, 5.74) is 3.28. The lowest BCUT2D eigenvalue weighted by molar-refractivity contribution is 0.318. The molecule has 0 aliphatic rings. The topological polar surface area (TPSA) is 92.8 Å². The van der Waals surface area contributed by atoms with Crippen LogP contribution in [0.3, 0.4) is 0 Å². The van der Waals surface area contributed by atoms with Crippen LogP contribution in [0.2, 0.25) is 0 Å². The third kappa shape index (κ3) is 3.90. The zero-order valence-corrected chi connectivity index (χ0v) is 12.3. The molecule has 0 spiro atoms. The number of aryl methyl sites for hydroxylation is 1. The van der Waals surface area contributed by atoms with Crippen LogP contribution in [0, 0.1) is 6.92 Å². The van der Waals surface area contributed by atoms with Crippen LogP contribution in [0.25, 0.3) is 0 Å². The van der Waals surface area contributed by atoms with Crippen molar-refractivity contribution >= 4 is 15.7 Å². The molecule has 6 heteroatoms. The van der Waals surface area contributed by atoms with E-state index in [1.54, 1.807) is 12.1 Å². The molecule has 0 aromatic heterocycles. The molecule has 21 heavy (non-hydrogen) atoms. The Kier molecular flexibility index (Phi) is 4.40. The van der Waals surface area contributed by atoms with Crippen molar-refractivity contribution in [2.24, 2.45) is 10.3 Å². The minimum absolute atomic E-state index is 0.0593. The third-order valence-corrected chi connectivity index (χ3v) is 4.06. The number of hydrogen-bond donors (Lipinski definition) is 2. The molecule has 0 heterocycles. The number of nitrogens with zero attached hydrogens (tertiary/aromatic N) is 1. The number of rotatable bonds is 4. The van der Waals surface area contributed by atoms with Crippen molar-refractivity contribution in [2.45, 2.75) is 18.2 Å². The fourth-order valence-corrected chi connectivity index (χ4v) is 2.45. The number of hydrogen-bond acceptors (Lipinski definition) is 4. The van der Waals surface area contributed by atoms with Gasteiger partial charge in [0.2, 0.25) is 10.0 Å². The van der Waals surface area contributed by atoms with E-state index in [0.29, 0.717) is 12.1 Å². The molecule has 0 amide bonds. The molecule has 2 rings (SSSR count). The van der Waals surface area contributed by atoms with Gasteiger partial charge < -0.3 is 5.21 Å². The highest BCUT2D eigenvalue weighted by molar-refractivity contribution is 7.89.